The third-order valence-electron chi connectivity index (χ3n) is 5.62. The van der Waals surface area contributed by atoms with Gasteiger partial charge in [0.1, 0.15) is 6.54 Å². The monoisotopic (exact) mass is 522 g/mol. The Kier molecular flexibility index (Phi) is 9.00. The van der Waals surface area contributed by atoms with E-state index in [0.29, 0.717) is 39.3 Å². The highest BCUT2D eigenvalue weighted by Crippen LogP contribution is 2.37. The quantitative estimate of drug-likeness (QED) is 0.485. The number of rotatable bonds is 8. The van der Waals surface area contributed by atoms with Crippen LogP contribution in [0.5, 0.6) is 0 Å². The van der Waals surface area contributed by atoms with Crippen LogP contribution in [0.3, 0.4) is 0 Å². The van der Waals surface area contributed by atoms with Gasteiger partial charge in [0.05, 0.1) is 12.2 Å². The number of amides is 2. The summed E-state index contributed by atoms with van der Waals surface area (Å²) >= 11 is 18.1. The summed E-state index contributed by atoms with van der Waals surface area (Å²) in [5, 5.41) is 4.43. The molecule has 1 aliphatic heterocycles. The normalized spacial score (nSPS) is 16.0. The van der Waals surface area contributed by atoms with Crippen molar-refractivity contribution in [3.63, 3.8) is 0 Å². The first-order valence-electron chi connectivity index (χ1n) is 10.9. The molecule has 1 N–H and O–H groups in total. The molecule has 1 unspecified atom stereocenters. The van der Waals surface area contributed by atoms with E-state index in [-0.39, 0.29) is 31.4 Å². The summed E-state index contributed by atoms with van der Waals surface area (Å²) < 4.78 is 5.27. The molecule has 1 aliphatic rings. The van der Waals surface area contributed by atoms with Gasteiger partial charge in [-0.25, -0.2) is 4.79 Å². The molecule has 180 valence electrons. The predicted molar refractivity (Wildman–Crippen MR) is 133 cm³/mol. The lowest BCUT2D eigenvalue weighted by atomic mass is 9.83. The maximum atomic E-state index is 13.0. The van der Waals surface area contributed by atoms with Crippen molar-refractivity contribution >= 4 is 52.6 Å². The molecule has 34 heavy (non-hydrogen) atoms. The summed E-state index contributed by atoms with van der Waals surface area (Å²) in [6.07, 6.45) is 0.554. The van der Waals surface area contributed by atoms with E-state index in [1.807, 2.05) is 0 Å². The number of halogens is 3. The van der Waals surface area contributed by atoms with Gasteiger partial charge in [-0.1, -0.05) is 53.0 Å². The SMILES string of the molecule is CCOC(=O)C1=C(C)N(CC(=O)NCCc2ccc(Cl)cc2Cl)C(=O)CC1c1ccc(Cl)cc1. The molecular weight excluding hydrogens is 499 g/mol. The molecule has 0 bridgehead atoms. The number of carbonyl (C=O) groups excluding carboxylic acids is 3. The van der Waals surface area contributed by atoms with Crippen LogP contribution in [0.15, 0.2) is 53.7 Å². The zero-order valence-corrected chi connectivity index (χ0v) is 21.1. The molecule has 2 aromatic rings. The highest BCUT2D eigenvalue weighted by atomic mass is 35.5. The van der Waals surface area contributed by atoms with E-state index >= 15 is 0 Å². The minimum absolute atomic E-state index is 0.0424. The first-order chi connectivity index (χ1) is 16.2. The van der Waals surface area contributed by atoms with Crippen LogP contribution in [0, 0.1) is 0 Å². The van der Waals surface area contributed by atoms with Crippen molar-refractivity contribution in [1.29, 1.82) is 0 Å². The minimum Gasteiger partial charge on any atom is -0.463 e. The van der Waals surface area contributed by atoms with Crippen molar-refractivity contribution in [2.24, 2.45) is 0 Å². The fourth-order valence-electron chi connectivity index (χ4n) is 3.92. The summed E-state index contributed by atoms with van der Waals surface area (Å²) in [6, 6.07) is 12.2. The van der Waals surface area contributed by atoms with Crippen molar-refractivity contribution < 1.29 is 19.1 Å². The Balaban J connectivity index is 1.74. The van der Waals surface area contributed by atoms with Gasteiger partial charge in [-0.15, -0.1) is 0 Å². The number of carbonyl (C=O) groups is 3. The van der Waals surface area contributed by atoms with Crippen molar-refractivity contribution in [3.8, 4) is 0 Å². The largest absolute Gasteiger partial charge is 0.463 e. The predicted octanol–water partition coefficient (Wildman–Crippen LogP) is 5.16. The molecule has 1 heterocycles. The van der Waals surface area contributed by atoms with Gasteiger partial charge in [0.15, 0.2) is 0 Å². The molecule has 3 rings (SSSR count). The lowest BCUT2D eigenvalue weighted by Crippen LogP contribution is -2.44. The third kappa shape index (κ3) is 6.32. The molecule has 0 fully saturated rings. The van der Waals surface area contributed by atoms with Crippen LogP contribution in [0.25, 0.3) is 0 Å². The summed E-state index contributed by atoms with van der Waals surface area (Å²) in [5.41, 5.74) is 2.41. The van der Waals surface area contributed by atoms with Gasteiger partial charge in [0.2, 0.25) is 11.8 Å². The first kappa shape index (κ1) is 26.1. The molecule has 1 atom stereocenters. The Labute approximate surface area is 213 Å². The van der Waals surface area contributed by atoms with Crippen LogP contribution in [0.1, 0.15) is 37.3 Å². The number of esters is 1. The Morgan fingerprint density at radius 2 is 1.76 bits per heavy atom. The van der Waals surface area contributed by atoms with Crippen molar-refractivity contribution in [2.75, 3.05) is 19.7 Å². The van der Waals surface area contributed by atoms with Crippen LogP contribution in [0.4, 0.5) is 0 Å². The van der Waals surface area contributed by atoms with E-state index in [9.17, 15) is 14.4 Å². The van der Waals surface area contributed by atoms with Crippen molar-refractivity contribution in [2.45, 2.75) is 32.6 Å². The second kappa shape index (κ2) is 11.7. The fraction of sp³-hybridized carbons (Fsp3) is 0.320. The summed E-state index contributed by atoms with van der Waals surface area (Å²) in [5.74, 6) is -1.57. The van der Waals surface area contributed by atoms with E-state index < -0.39 is 11.9 Å². The van der Waals surface area contributed by atoms with Gasteiger partial charge in [-0.05, 0) is 55.7 Å². The molecule has 2 amide bonds. The number of nitrogens with zero attached hydrogens (tertiary/aromatic N) is 1. The molecule has 6 nitrogen and oxygen atoms in total. The average molecular weight is 524 g/mol. The summed E-state index contributed by atoms with van der Waals surface area (Å²) in [6.45, 7) is 3.72. The van der Waals surface area contributed by atoms with Gasteiger partial charge >= 0.3 is 5.97 Å². The maximum absolute atomic E-state index is 13.0. The number of allylic oxidation sites excluding steroid dienone is 1. The van der Waals surface area contributed by atoms with Crippen molar-refractivity contribution in [3.05, 3.63) is 79.9 Å². The molecule has 0 radical (unpaired) electrons. The van der Waals surface area contributed by atoms with E-state index in [1.165, 1.54) is 4.90 Å². The molecule has 0 aliphatic carbocycles. The third-order valence-corrected chi connectivity index (χ3v) is 6.46. The summed E-state index contributed by atoms with van der Waals surface area (Å²) in [4.78, 5) is 39.8. The average Bonchev–Trinajstić information content (AvgIpc) is 2.78. The van der Waals surface area contributed by atoms with Crippen LogP contribution < -0.4 is 5.32 Å². The molecular formula is C25H25Cl3N2O4. The van der Waals surface area contributed by atoms with Crippen LogP contribution in [-0.4, -0.2) is 42.4 Å². The highest BCUT2D eigenvalue weighted by molar-refractivity contribution is 6.35. The molecule has 2 aromatic carbocycles. The minimum atomic E-state index is -0.504. The first-order valence-corrected chi connectivity index (χ1v) is 12.0. The van der Waals surface area contributed by atoms with Crippen LogP contribution >= 0.6 is 34.8 Å². The van der Waals surface area contributed by atoms with Crippen molar-refractivity contribution in [1.82, 2.24) is 10.2 Å². The van der Waals surface area contributed by atoms with Gasteiger partial charge < -0.3 is 15.0 Å². The van der Waals surface area contributed by atoms with Gasteiger partial charge in [0.25, 0.3) is 0 Å². The Morgan fingerprint density at radius 1 is 1.09 bits per heavy atom. The van der Waals surface area contributed by atoms with Crippen LogP contribution in [0.2, 0.25) is 15.1 Å². The van der Waals surface area contributed by atoms with Gasteiger partial charge in [-0.2, -0.15) is 0 Å². The molecule has 0 saturated heterocycles. The second-order valence-electron chi connectivity index (χ2n) is 7.84. The Hall–Kier alpha value is -2.54. The molecule has 0 spiro atoms. The molecule has 9 heteroatoms. The van der Waals surface area contributed by atoms with Crippen LogP contribution in [-0.2, 0) is 25.5 Å². The zero-order valence-electron chi connectivity index (χ0n) is 18.9. The maximum Gasteiger partial charge on any atom is 0.336 e. The van der Waals surface area contributed by atoms with E-state index in [2.05, 4.69) is 5.32 Å². The number of hydrogen-bond donors (Lipinski definition) is 1. The number of ether oxygens (including phenoxy) is 1. The Bertz CT molecular complexity index is 1120. The van der Waals surface area contributed by atoms with Gasteiger partial charge in [-0.3, -0.25) is 9.59 Å². The Morgan fingerprint density at radius 3 is 2.41 bits per heavy atom. The van der Waals surface area contributed by atoms with E-state index in [0.717, 1.165) is 11.1 Å². The summed E-state index contributed by atoms with van der Waals surface area (Å²) in [7, 11) is 0. The lowest BCUT2D eigenvalue weighted by molar-refractivity contribution is -0.141. The smallest absolute Gasteiger partial charge is 0.336 e. The molecule has 0 aromatic heterocycles. The topological polar surface area (TPSA) is 75.7 Å². The second-order valence-corrected chi connectivity index (χ2v) is 9.12. The standard InChI is InChI=1S/C25H25Cl3N2O4/c1-3-34-25(33)24-15(2)30(23(32)13-20(24)16-4-7-18(26)8-5-16)14-22(31)29-11-10-17-6-9-19(27)12-21(17)28/h4-9,12,20H,3,10-11,13-14H2,1-2H3,(H,29,31). The lowest BCUT2D eigenvalue weighted by Gasteiger charge is -2.34. The molecule has 0 saturated carbocycles. The fourth-order valence-corrected chi connectivity index (χ4v) is 4.55. The van der Waals surface area contributed by atoms with E-state index in [1.54, 1.807) is 56.3 Å². The zero-order chi connectivity index (χ0) is 24.8. The number of nitrogens with one attached hydrogen (secondary N) is 1. The number of benzene rings is 2. The number of hydrogen-bond acceptors (Lipinski definition) is 4. The van der Waals surface area contributed by atoms with E-state index in [4.69, 9.17) is 39.5 Å². The highest BCUT2D eigenvalue weighted by Gasteiger charge is 2.37. The van der Waals surface area contributed by atoms with Gasteiger partial charge in [0, 0.05) is 39.6 Å².